The van der Waals surface area contributed by atoms with Crippen molar-refractivity contribution in [3.8, 4) is 0 Å². The van der Waals surface area contributed by atoms with E-state index in [-0.39, 0.29) is 12.1 Å². The van der Waals surface area contributed by atoms with Crippen LogP contribution in [0, 0.1) is 12.3 Å². The Bertz CT molecular complexity index is 1250. The molecule has 0 aromatic carbocycles. The first kappa shape index (κ1) is 18.0. The average molecular weight is 405 g/mol. The summed E-state index contributed by atoms with van der Waals surface area (Å²) in [5.74, 6) is 0. The summed E-state index contributed by atoms with van der Waals surface area (Å²) in [5, 5.41) is 23.0. The van der Waals surface area contributed by atoms with Crippen molar-refractivity contribution in [3.05, 3.63) is 60.6 Å². The molecule has 2 fully saturated rings. The van der Waals surface area contributed by atoms with Crippen molar-refractivity contribution in [1.82, 2.24) is 23.9 Å². The number of aromatic nitrogens is 5. The topological polar surface area (TPSA) is 97.7 Å². The number of aryl methyl sites for hydroxylation is 1. The van der Waals surface area contributed by atoms with E-state index in [1.54, 1.807) is 12.5 Å². The Hall–Kier alpha value is -2.81. The van der Waals surface area contributed by atoms with Crippen molar-refractivity contribution in [3.63, 3.8) is 0 Å². The van der Waals surface area contributed by atoms with Crippen LogP contribution in [-0.2, 0) is 4.74 Å². The number of aliphatic hydroxyl groups is 2. The third kappa shape index (κ3) is 2.47. The summed E-state index contributed by atoms with van der Waals surface area (Å²) in [6.07, 6.45) is 8.55. The van der Waals surface area contributed by atoms with Crippen LogP contribution in [0.25, 0.3) is 16.7 Å². The number of pyridine rings is 1. The fourth-order valence-corrected chi connectivity index (χ4v) is 5.30. The molecule has 4 aromatic heterocycles. The van der Waals surface area contributed by atoms with Crippen LogP contribution < -0.4 is 0 Å². The summed E-state index contributed by atoms with van der Waals surface area (Å²) in [5.41, 5.74) is 3.12. The lowest BCUT2D eigenvalue weighted by atomic mass is 9.80. The van der Waals surface area contributed by atoms with Gasteiger partial charge in [0.1, 0.15) is 23.7 Å². The molecule has 0 unspecified atom stereocenters. The second-order valence-electron chi connectivity index (χ2n) is 8.65. The van der Waals surface area contributed by atoms with Gasteiger partial charge in [0.25, 0.3) is 0 Å². The highest BCUT2D eigenvalue weighted by atomic mass is 16.5. The maximum Gasteiger partial charge on any atom is 0.143 e. The van der Waals surface area contributed by atoms with Crippen LogP contribution in [0.15, 0.2) is 49.3 Å². The highest BCUT2D eigenvalue weighted by Gasteiger charge is 2.57. The van der Waals surface area contributed by atoms with Crippen molar-refractivity contribution in [1.29, 1.82) is 0 Å². The molecule has 1 aliphatic heterocycles. The van der Waals surface area contributed by atoms with E-state index in [1.165, 1.54) is 0 Å². The second-order valence-corrected chi connectivity index (χ2v) is 8.65. The van der Waals surface area contributed by atoms with Gasteiger partial charge in [-0.1, -0.05) is 0 Å². The minimum absolute atomic E-state index is 0.127. The number of ether oxygens (including phenoxy) is 1. The van der Waals surface area contributed by atoms with Crippen molar-refractivity contribution in [2.75, 3.05) is 6.61 Å². The highest BCUT2D eigenvalue weighted by molar-refractivity contribution is 5.78. The van der Waals surface area contributed by atoms with E-state index in [9.17, 15) is 10.2 Å². The number of hydrogen-bond donors (Lipinski definition) is 2. The zero-order valence-electron chi connectivity index (χ0n) is 16.6. The molecule has 0 amide bonds. The Labute approximate surface area is 172 Å². The van der Waals surface area contributed by atoms with Crippen molar-refractivity contribution in [2.45, 2.75) is 44.1 Å². The smallest absolute Gasteiger partial charge is 0.143 e. The quantitative estimate of drug-likeness (QED) is 0.531. The molecule has 4 aromatic rings. The van der Waals surface area contributed by atoms with Gasteiger partial charge in [0.2, 0.25) is 0 Å². The maximum absolute atomic E-state index is 11.1. The fraction of sp³-hybridized carbons (Fsp3) is 0.409. The molecule has 1 aliphatic carbocycles. The summed E-state index contributed by atoms with van der Waals surface area (Å²) >= 11 is 0. The molecule has 1 spiro atoms. The Morgan fingerprint density at radius 1 is 1.10 bits per heavy atom. The summed E-state index contributed by atoms with van der Waals surface area (Å²) in [6, 6.07) is 5.77. The molecule has 2 aliphatic rings. The number of imidazole rings is 1. The van der Waals surface area contributed by atoms with Gasteiger partial charge in [-0.2, -0.15) is 0 Å². The average Bonchev–Trinajstić information content (AvgIpc) is 3.51. The van der Waals surface area contributed by atoms with E-state index in [4.69, 9.17) is 4.74 Å². The molecule has 0 bridgehead atoms. The van der Waals surface area contributed by atoms with Gasteiger partial charge in [-0.25, -0.2) is 15.0 Å². The highest BCUT2D eigenvalue weighted by Crippen LogP contribution is 2.54. The first-order valence-corrected chi connectivity index (χ1v) is 10.2. The number of rotatable bonds is 2. The molecular weight excluding hydrogens is 382 g/mol. The number of aliphatic hydroxyl groups excluding tert-OH is 2. The largest absolute Gasteiger partial charge is 0.390 e. The van der Waals surface area contributed by atoms with E-state index in [2.05, 4.69) is 15.0 Å². The fourth-order valence-electron chi connectivity index (χ4n) is 5.30. The van der Waals surface area contributed by atoms with Gasteiger partial charge in [-0.3, -0.25) is 0 Å². The third-order valence-corrected chi connectivity index (χ3v) is 6.98. The van der Waals surface area contributed by atoms with Crippen molar-refractivity contribution < 1.29 is 14.9 Å². The summed E-state index contributed by atoms with van der Waals surface area (Å²) in [6.45, 7) is 2.36. The lowest BCUT2D eigenvalue weighted by Crippen LogP contribution is -2.37. The monoisotopic (exact) mass is 405 g/mol. The van der Waals surface area contributed by atoms with Gasteiger partial charge in [-0.05, 0) is 43.5 Å². The first-order chi connectivity index (χ1) is 14.6. The predicted molar refractivity (Wildman–Crippen MR) is 109 cm³/mol. The van der Waals surface area contributed by atoms with Crippen LogP contribution in [0.1, 0.15) is 36.2 Å². The number of nitrogens with zero attached hydrogens (tertiary/aromatic N) is 5. The van der Waals surface area contributed by atoms with Gasteiger partial charge in [0.15, 0.2) is 0 Å². The van der Waals surface area contributed by atoms with E-state index < -0.39 is 17.6 Å². The molecule has 5 heterocycles. The lowest BCUT2D eigenvalue weighted by Gasteiger charge is -2.26. The van der Waals surface area contributed by atoms with E-state index in [0.29, 0.717) is 19.4 Å². The molecule has 0 radical (unpaired) electrons. The minimum Gasteiger partial charge on any atom is -0.390 e. The molecule has 154 valence electrons. The molecule has 8 heteroatoms. The second kappa shape index (κ2) is 6.34. The molecule has 30 heavy (non-hydrogen) atoms. The molecular formula is C22H23N5O3. The summed E-state index contributed by atoms with van der Waals surface area (Å²) in [7, 11) is 0. The normalized spacial score (nSPS) is 31.4. The van der Waals surface area contributed by atoms with Crippen molar-refractivity contribution in [2.24, 2.45) is 5.41 Å². The molecule has 2 N–H and O–H groups in total. The van der Waals surface area contributed by atoms with Gasteiger partial charge < -0.3 is 23.9 Å². The number of fused-ring (bicyclic) bond motifs is 2. The standard InChI is InChI=1S/C22H23N5O3/c1-13-15-3-6-27(21(15)25-12-24-13)16-9-22(20(29)19(16)28)10-17(30-11-22)14-2-5-26-7-4-23-18(26)8-14/h2-8,12,16-17,19-20,28-29H,9-11H2,1H3/t16-,17-,19+,20+,22-/m1/s1. The molecule has 5 atom stereocenters. The minimum atomic E-state index is -0.881. The van der Waals surface area contributed by atoms with Crippen LogP contribution in [0.4, 0.5) is 0 Å². The Kier molecular flexibility index (Phi) is 3.80. The molecule has 8 nitrogen and oxygen atoms in total. The Balaban J connectivity index is 1.31. The SMILES string of the molecule is Cc1ncnc2c1ccn2[C@@H]1C[C@@]2(CO[C@@H](c3ccn4ccnc4c3)C2)[C@@H](O)[C@H]1O. The Morgan fingerprint density at radius 3 is 2.90 bits per heavy atom. The molecule has 6 rings (SSSR count). The van der Waals surface area contributed by atoms with Crippen LogP contribution in [0.2, 0.25) is 0 Å². The van der Waals surface area contributed by atoms with Crippen LogP contribution in [-0.4, -0.2) is 52.9 Å². The van der Waals surface area contributed by atoms with Crippen LogP contribution in [0.5, 0.6) is 0 Å². The van der Waals surface area contributed by atoms with Gasteiger partial charge in [0.05, 0.1) is 30.6 Å². The van der Waals surface area contributed by atoms with E-state index in [0.717, 1.165) is 27.9 Å². The first-order valence-electron chi connectivity index (χ1n) is 10.2. The molecule has 1 saturated carbocycles. The van der Waals surface area contributed by atoms with E-state index in [1.807, 2.05) is 52.7 Å². The lowest BCUT2D eigenvalue weighted by molar-refractivity contribution is -0.0309. The zero-order valence-corrected chi connectivity index (χ0v) is 16.6. The van der Waals surface area contributed by atoms with Gasteiger partial charge in [-0.15, -0.1) is 0 Å². The Morgan fingerprint density at radius 2 is 2.00 bits per heavy atom. The van der Waals surface area contributed by atoms with Crippen LogP contribution in [0.3, 0.4) is 0 Å². The van der Waals surface area contributed by atoms with Crippen LogP contribution >= 0.6 is 0 Å². The van der Waals surface area contributed by atoms with Crippen molar-refractivity contribution >= 4 is 16.7 Å². The van der Waals surface area contributed by atoms with Gasteiger partial charge in [0, 0.05) is 35.6 Å². The maximum atomic E-state index is 11.1. The van der Waals surface area contributed by atoms with E-state index >= 15 is 0 Å². The molecule has 1 saturated heterocycles. The predicted octanol–water partition coefficient (Wildman–Crippen LogP) is 2.20. The van der Waals surface area contributed by atoms with Gasteiger partial charge >= 0.3 is 0 Å². The summed E-state index contributed by atoms with van der Waals surface area (Å²) in [4.78, 5) is 13.0. The summed E-state index contributed by atoms with van der Waals surface area (Å²) < 4.78 is 10.1. The third-order valence-electron chi connectivity index (χ3n) is 6.98. The number of hydrogen-bond acceptors (Lipinski definition) is 6. The zero-order chi connectivity index (χ0) is 20.5.